The molecule has 0 amide bonds. The van der Waals surface area contributed by atoms with Crippen LogP contribution < -0.4 is 5.46 Å². The quantitative estimate of drug-likeness (QED) is 0.628. The van der Waals surface area contributed by atoms with Gasteiger partial charge in [-0.2, -0.15) is 26.3 Å². The van der Waals surface area contributed by atoms with Crippen molar-refractivity contribution < 1.29 is 35.7 Å². The second-order valence-corrected chi connectivity index (χ2v) is 3.57. The standard InChI is InChI=1S/C10H9BF6O2/c1-18-11(19-2)8-6(9(12,13)14)4-3-5-7(8)10(15,16)17/h3-5H,1-2H3. The fraction of sp³-hybridized carbons (Fsp3) is 0.400. The Balaban J connectivity index is 3.59. The Morgan fingerprint density at radius 1 is 0.842 bits per heavy atom. The van der Waals surface area contributed by atoms with Gasteiger partial charge in [-0.05, 0) is 0 Å². The topological polar surface area (TPSA) is 18.5 Å². The molecule has 2 nitrogen and oxygen atoms in total. The molecule has 0 atom stereocenters. The Morgan fingerprint density at radius 2 is 1.21 bits per heavy atom. The van der Waals surface area contributed by atoms with E-state index < -0.39 is 36.1 Å². The smallest absolute Gasteiger partial charge is 0.410 e. The predicted molar refractivity (Wildman–Crippen MR) is 55.9 cm³/mol. The van der Waals surface area contributed by atoms with Crippen molar-refractivity contribution in [1.29, 1.82) is 0 Å². The molecule has 1 rings (SSSR count). The molecule has 106 valence electrons. The molecule has 1 aromatic carbocycles. The monoisotopic (exact) mass is 286 g/mol. The van der Waals surface area contributed by atoms with Gasteiger partial charge < -0.3 is 9.31 Å². The van der Waals surface area contributed by atoms with Crippen LogP contribution in [0.5, 0.6) is 0 Å². The van der Waals surface area contributed by atoms with Gasteiger partial charge in [0.2, 0.25) is 0 Å². The molecule has 0 bridgehead atoms. The van der Waals surface area contributed by atoms with Gasteiger partial charge in [0, 0.05) is 19.7 Å². The van der Waals surface area contributed by atoms with Crippen LogP contribution in [0.3, 0.4) is 0 Å². The number of benzene rings is 1. The van der Waals surface area contributed by atoms with Crippen molar-refractivity contribution in [2.45, 2.75) is 12.4 Å². The van der Waals surface area contributed by atoms with Crippen molar-refractivity contribution in [3.8, 4) is 0 Å². The highest BCUT2D eigenvalue weighted by Gasteiger charge is 2.44. The molecule has 0 aliphatic carbocycles. The summed E-state index contributed by atoms with van der Waals surface area (Å²) in [7, 11) is 0.164. The van der Waals surface area contributed by atoms with Crippen molar-refractivity contribution in [1.82, 2.24) is 0 Å². The zero-order valence-electron chi connectivity index (χ0n) is 9.89. The van der Waals surface area contributed by atoms with Crippen LogP contribution in [0.1, 0.15) is 11.1 Å². The fourth-order valence-electron chi connectivity index (χ4n) is 1.65. The average Bonchev–Trinajstić information content (AvgIpc) is 2.28. The van der Waals surface area contributed by atoms with Gasteiger partial charge in [0.25, 0.3) is 0 Å². The second-order valence-electron chi connectivity index (χ2n) is 3.57. The first-order valence-electron chi connectivity index (χ1n) is 4.95. The first-order valence-corrected chi connectivity index (χ1v) is 4.95. The zero-order valence-corrected chi connectivity index (χ0v) is 9.89. The molecule has 19 heavy (non-hydrogen) atoms. The lowest BCUT2D eigenvalue weighted by Crippen LogP contribution is -2.43. The molecule has 0 heterocycles. The van der Waals surface area contributed by atoms with Crippen molar-refractivity contribution >= 4 is 12.6 Å². The van der Waals surface area contributed by atoms with Gasteiger partial charge in [0.1, 0.15) is 0 Å². The van der Waals surface area contributed by atoms with Crippen molar-refractivity contribution in [2.24, 2.45) is 0 Å². The van der Waals surface area contributed by atoms with E-state index in [1.165, 1.54) is 0 Å². The lowest BCUT2D eigenvalue weighted by atomic mass is 9.72. The number of hydrogen-bond donors (Lipinski definition) is 0. The maximum Gasteiger partial charge on any atom is 0.494 e. The maximum absolute atomic E-state index is 12.8. The van der Waals surface area contributed by atoms with Crippen molar-refractivity contribution in [3.05, 3.63) is 29.3 Å². The van der Waals surface area contributed by atoms with E-state index in [1.807, 2.05) is 0 Å². The molecular weight excluding hydrogens is 277 g/mol. The third-order valence-electron chi connectivity index (χ3n) is 2.38. The zero-order chi connectivity index (χ0) is 14.8. The van der Waals surface area contributed by atoms with E-state index in [0.717, 1.165) is 14.2 Å². The Morgan fingerprint density at radius 3 is 1.47 bits per heavy atom. The molecule has 0 aliphatic heterocycles. The van der Waals surface area contributed by atoms with E-state index in [4.69, 9.17) is 0 Å². The molecule has 9 heteroatoms. The van der Waals surface area contributed by atoms with E-state index in [0.29, 0.717) is 18.2 Å². The third-order valence-corrected chi connectivity index (χ3v) is 2.38. The number of halogens is 6. The summed E-state index contributed by atoms with van der Waals surface area (Å²) >= 11 is 0. The summed E-state index contributed by atoms with van der Waals surface area (Å²) in [6.07, 6.45) is -9.88. The molecule has 0 unspecified atom stereocenters. The van der Waals surface area contributed by atoms with E-state index >= 15 is 0 Å². The number of rotatable bonds is 3. The summed E-state index contributed by atoms with van der Waals surface area (Å²) < 4.78 is 85.7. The largest absolute Gasteiger partial charge is 0.494 e. The lowest BCUT2D eigenvalue weighted by Gasteiger charge is -2.20. The van der Waals surface area contributed by atoms with Gasteiger partial charge in [0.05, 0.1) is 11.1 Å². The molecule has 1 aromatic rings. The fourth-order valence-corrected chi connectivity index (χ4v) is 1.65. The van der Waals surface area contributed by atoms with Crippen LogP contribution in [0.15, 0.2) is 18.2 Å². The first-order chi connectivity index (χ1) is 8.62. The SMILES string of the molecule is COB(OC)c1c(C(F)(F)F)cccc1C(F)(F)F. The molecule has 0 radical (unpaired) electrons. The van der Waals surface area contributed by atoms with Gasteiger partial charge in [-0.15, -0.1) is 0 Å². The Hall–Kier alpha value is -1.22. The molecular formula is C10H9BF6O2. The van der Waals surface area contributed by atoms with Crippen molar-refractivity contribution in [3.63, 3.8) is 0 Å². The van der Waals surface area contributed by atoms with Crippen LogP contribution >= 0.6 is 0 Å². The van der Waals surface area contributed by atoms with E-state index in [1.54, 1.807) is 0 Å². The van der Waals surface area contributed by atoms with Crippen LogP contribution in [-0.2, 0) is 21.7 Å². The van der Waals surface area contributed by atoms with E-state index in [2.05, 4.69) is 9.31 Å². The normalized spacial score (nSPS) is 12.6. The summed E-state index contributed by atoms with van der Waals surface area (Å²) in [6.45, 7) is 0. The van der Waals surface area contributed by atoms with E-state index in [9.17, 15) is 26.3 Å². The summed E-state index contributed by atoms with van der Waals surface area (Å²) in [5, 5.41) is 0. The Bertz CT molecular complexity index is 406. The summed E-state index contributed by atoms with van der Waals surface area (Å²) in [5.41, 5.74) is -3.94. The molecule has 0 saturated carbocycles. The van der Waals surface area contributed by atoms with Crippen LogP contribution in [0, 0.1) is 0 Å². The minimum absolute atomic E-state index is 0.551. The summed E-state index contributed by atoms with van der Waals surface area (Å²) in [6, 6.07) is 1.79. The van der Waals surface area contributed by atoms with Gasteiger partial charge in [-0.1, -0.05) is 18.2 Å². The Labute approximate surface area is 105 Å². The van der Waals surface area contributed by atoms with Crippen LogP contribution in [0.25, 0.3) is 0 Å². The highest BCUT2D eigenvalue weighted by atomic mass is 19.4. The third kappa shape index (κ3) is 3.41. The van der Waals surface area contributed by atoms with Crippen molar-refractivity contribution in [2.75, 3.05) is 14.2 Å². The first kappa shape index (κ1) is 15.8. The average molecular weight is 286 g/mol. The second kappa shape index (κ2) is 5.42. The van der Waals surface area contributed by atoms with Gasteiger partial charge in [-0.3, -0.25) is 0 Å². The minimum Gasteiger partial charge on any atom is -0.410 e. The van der Waals surface area contributed by atoms with Gasteiger partial charge in [0.15, 0.2) is 0 Å². The van der Waals surface area contributed by atoms with Gasteiger partial charge in [-0.25, -0.2) is 0 Å². The molecule has 0 fully saturated rings. The van der Waals surface area contributed by atoms with Crippen LogP contribution in [-0.4, -0.2) is 21.3 Å². The number of hydrogen-bond acceptors (Lipinski definition) is 2. The maximum atomic E-state index is 12.8. The van der Waals surface area contributed by atoms with Crippen LogP contribution in [0.2, 0.25) is 0 Å². The summed E-state index contributed by atoms with van der Waals surface area (Å²) in [5.74, 6) is 0. The highest BCUT2D eigenvalue weighted by Crippen LogP contribution is 2.34. The Kier molecular flexibility index (Phi) is 4.52. The highest BCUT2D eigenvalue weighted by molar-refractivity contribution is 6.62. The summed E-state index contributed by atoms with van der Waals surface area (Å²) in [4.78, 5) is 0. The molecule has 0 saturated heterocycles. The minimum atomic E-state index is -4.94. The van der Waals surface area contributed by atoms with Crippen LogP contribution in [0.4, 0.5) is 26.3 Å². The molecule has 0 aliphatic rings. The predicted octanol–water partition coefficient (Wildman–Crippen LogP) is 2.71. The molecule has 0 spiro atoms. The van der Waals surface area contributed by atoms with E-state index in [-0.39, 0.29) is 0 Å². The number of alkyl halides is 6. The van der Waals surface area contributed by atoms with Gasteiger partial charge >= 0.3 is 19.5 Å². The molecule has 0 aromatic heterocycles. The molecule has 0 N–H and O–H groups in total. The lowest BCUT2D eigenvalue weighted by molar-refractivity contribution is -0.141.